The number of hydrogen-bond acceptors (Lipinski definition) is 1. The molecule has 1 atom stereocenters. The van der Waals surface area contributed by atoms with E-state index < -0.39 is 0 Å². The average Bonchev–Trinajstić information content (AvgIpc) is 2.16. The fraction of sp³-hybridized carbons (Fsp3) is 0.300. The maximum absolute atomic E-state index is 10.3. The number of halogens is 1. The van der Waals surface area contributed by atoms with Crippen molar-refractivity contribution in [2.24, 2.45) is 0 Å². The van der Waals surface area contributed by atoms with E-state index in [-0.39, 0.29) is 6.04 Å². The molecular formula is C10H12BrNO. The lowest BCUT2D eigenvalue weighted by Gasteiger charge is -2.13. The fourth-order valence-corrected chi connectivity index (χ4v) is 1.49. The van der Waals surface area contributed by atoms with Gasteiger partial charge in [0.25, 0.3) is 0 Å². The van der Waals surface area contributed by atoms with Crippen LogP contribution in [0.2, 0.25) is 0 Å². The topological polar surface area (TPSA) is 29.1 Å². The van der Waals surface area contributed by atoms with Gasteiger partial charge < -0.3 is 5.32 Å². The molecule has 0 saturated carbocycles. The van der Waals surface area contributed by atoms with Crippen molar-refractivity contribution in [1.29, 1.82) is 0 Å². The van der Waals surface area contributed by atoms with E-state index >= 15 is 0 Å². The summed E-state index contributed by atoms with van der Waals surface area (Å²) in [5.74, 6) is 0. The zero-order valence-corrected chi connectivity index (χ0v) is 9.04. The van der Waals surface area contributed by atoms with Crippen molar-refractivity contribution < 1.29 is 4.79 Å². The maximum atomic E-state index is 10.3. The molecule has 1 N–H and O–H groups in total. The zero-order chi connectivity index (χ0) is 9.68. The molecule has 0 unspecified atom stereocenters. The van der Waals surface area contributed by atoms with Crippen molar-refractivity contribution in [3.63, 3.8) is 0 Å². The first-order valence-electron chi connectivity index (χ1n) is 4.23. The molecule has 1 rings (SSSR count). The molecule has 0 radical (unpaired) electrons. The van der Waals surface area contributed by atoms with Crippen molar-refractivity contribution in [2.75, 3.05) is 0 Å². The number of benzene rings is 1. The Morgan fingerprint density at radius 1 is 1.46 bits per heavy atom. The lowest BCUT2D eigenvalue weighted by atomic mass is 10.1. The summed E-state index contributed by atoms with van der Waals surface area (Å²) >= 11 is 3.37. The number of carbonyl (C=O) groups is 1. The van der Waals surface area contributed by atoms with Crippen LogP contribution in [0.25, 0.3) is 0 Å². The Morgan fingerprint density at radius 2 is 2.08 bits per heavy atom. The maximum Gasteiger partial charge on any atom is 0.207 e. The summed E-state index contributed by atoms with van der Waals surface area (Å²) in [7, 11) is 0. The molecule has 0 aliphatic heterocycles. The van der Waals surface area contributed by atoms with Crippen LogP contribution in [0.5, 0.6) is 0 Å². The van der Waals surface area contributed by atoms with Crippen LogP contribution in [0.3, 0.4) is 0 Å². The molecule has 1 aromatic rings. The standard InChI is InChI=1S/C10H12BrNO/c1-2-10(12-7-13)8-3-5-9(11)6-4-8/h3-7,10H,2H2,1H3,(H,12,13)/t10-/m1/s1. The highest BCUT2D eigenvalue weighted by Crippen LogP contribution is 2.18. The number of amides is 1. The molecule has 3 heteroatoms. The second-order valence-corrected chi connectivity index (χ2v) is 3.71. The highest BCUT2D eigenvalue weighted by atomic mass is 79.9. The lowest BCUT2D eigenvalue weighted by Crippen LogP contribution is -2.18. The molecule has 0 fully saturated rings. The Kier molecular flexibility index (Phi) is 3.96. The molecule has 70 valence electrons. The van der Waals surface area contributed by atoms with Gasteiger partial charge in [-0.25, -0.2) is 0 Å². The van der Waals surface area contributed by atoms with Crippen LogP contribution in [0, 0.1) is 0 Å². The third-order valence-electron chi connectivity index (χ3n) is 1.95. The van der Waals surface area contributed by atoms with Gasteiger partial charge >= 0.3 is 0 Å². The molecule has 0 bridgehead atoms. The van der Waals surface area contributed by atoms with Gasteiger partial charge in [-0.15, -0.1) is 0 Å². The van der Waals surface area contributed by atoms with Crippen LogP contribution in [-0.2, 0) is 4.79 Å². The van der Waals surface area contributed by atoms with Crippen LogP contribution < -0.4 is 5.32 Å². The van der Waals surface area contributed by atoms with E-state index in [1.807, 2.05) is 31.2 Å². The summed E-state index contributed by atoms with van der Waals surface area (Å²) in [6.45, 7) is 2.04. The van der Waals surface area contributed by atoms with Crippen molar-refractivity contribution in [3.8, 4) is 0 Å². The van der Waals surface area contributed by atoms with E-state index in [0.29, 0.717) is 0 Å². The van der Waals surface area contributed by atoms with Crippen molar-refractivity contribution in [3.05, 3.63) is 34.3 Å². The first-order valence-corrected chi connectivity index (χ1v) is 5.02. The first kappa shape index (κ1) is 10.3. The molecule has 2 nitrogen and oxygen atoms in total. The smallest absolute Gasteiger partial charge is 0.207 e. The van der Waals surface area contributed by atoms with Gasteiger partial charge in [0.2, 0.25) is 6.41 Å². The number of hydrogen-bond donors (Lipinski definition) is 1. The summed E-state index contributed by atoms with van der Waals surface area (Å²) in [6.07, 6.45) is 1.65. The third kappa shape index (κ3) is 2.84. The van der Waals surface area contributed by atoms with E-state index in [2.05, 4.69) is 21.2 Å². The zero-order valence-electron chi connectivity index (χ0n) is 7.46. The predicted octanol–water partition coefficient (Wildman–Crippen LogP) is 2.65. The van der Waals surface area contributed by atoms with E-state index in [1.165, 1.54) is 0 Å². The Bertz CT molecular complexity index is 271. The monoisotopic (exact) mass is 241 g/mol. The van der Waals surface area contributed by atoms with Gasteiger partial charge in [0.05, 0.1) is 6.04 Å². The van der Waals surface area contributed by atoms with Gasteiger partial charge in [-0.05, 0) is 24.1 Å². The summed E-state index contributed by atoms with van der Waals surface area (Å²) in [6, 6.07) is 8.10. The quantitative estimate of drug-likeness (QED) is 0.808. The minimum atomic E-state index is 0.130. The molecule has 0 aliphatic rings. The molecule has 1 amide bonds. The second-order valence-electron chi connectivity index (χ2n) is 2.80. The van der Waals surface area contributed by atoms with Crippen molar-refractivity contribution in [2.45, 2.75) is 19.4 Å². The summed E-state index contributed by atoms with van der Waals surface area (Å²) in [5, 5.41) is 2.77. The summed E-state index contributed by atoms with van der Waals surface area (Å²) < 4.78 is 1.05. The van der Waals surface area contributed by atoms with Crippen molar-refractivity contribution in [1.82, 2.24) is 5.32 Å². The highest BCUT2D eigenvalue weighted by molar-refractivity contribution is 9.10. The Morgan fingerprint density at radius 3 is 2.54 bits per heavy atom. The van der Waals surface area contributed by atoms with E-state index in [0.717, 1.165) is 22.9 Å². The van der Waals surface area contributed by atoms with Gasteiger partial charge in [0.1, 0.15) is 0 Å². The fourth-order valence-electron chi connectivity index (χ4n) is 1.23. The van der Waals surface area contributed by atoms with Crippen LogP contribution >= 0.6 is 15.9 Å². The van der Waals surface area contributed by atoms with E-state index in [1.54, 1.807) is 0 Å². The predicted molar refractivity (Wildman–Crippen MR) is 56.4 cm³/mol. The van der Waals surface area contributed by atoms with Crippen LogP contribution in [0.1, 0.15) is 24.9 Å². The lowest BCUT2D eigenvalue weighted by molar-refractivity contribution is -0.110. The Balaban J connectivity index is 2.78. The Hall–Kier alpha value is -0.830. The number of carbonyl (C=O) groups excluding carboxylic acids is 1. The van der Waals surface area contributed by atoms with Gasteiger partial charge in [-0.3, -0.25) is 4.79 Å². The summed E-state index contributed by atoms with van der Waals surface area (Å²) in [5.41, 5.74) is 1.14. The molecule has 1 aromatic carbocycles. The molecule has 0 saturated heterocycles. The van der Waals surface area contributed by atoms with E-state index in [9.17, 15) is 4.79 Å². The van der Waals surface area contributed by atoms with Gasteiger partial charge in [-0.1, -0.05) is 35.0 Å². The molecule has 0 aliphatic carbocycles. The molecule has 0 spiro atoms. The SMILES string of the molecule is CC[C@@H](NC=O)c1ccc(Br)cc1. The van der Waals surface area contributed by atoms with E-state index in [4.69, 9.17) is 0 Å². The summed E-state index contributed by atoms with van der Waals surface area (Å²) in [4.78, 5) is 10.3. The number of rotatable bonds is 4. The normalized spacial score (nSPS) is 12.2. The second kappa shape index (κ2) is 5.02. The molecule has 0 heterocycles. The first-order chi connectivity index (χ1) is 6.27. The minimum Gasteiger partial charge on any atom is -0.352 e. The van der Waals surface area contributed by atoms with Gasteiger partial charge in [-0.2, -0.15) is 0 Å². The van der Waals surface area contributed by atoms with Crippen LogP contribution in [0.15, 0.2) is 28.7 Å². The molecule has 13 heavy (non-hydrogen) atoms. The van der Waals surface area contributed by atoms with Gasteiger partial charge in [0, 0.05) is 4.47 Å². The average molecular weight is 242 g/mol. The van der Waals surface area contributed by atoms with Gasteiger partial charge in [0.15, 0.2) is 0 Å². The Labute approximate surface area is 86.5 Å². The molecule has 0 aromatic heterocycles. The molecular weight excluding hydrogens is 230 g/mol. The van der Waals surface area contributed by atoms with Crippen molar-refractivity contribution >= 4 is 22.3 Å². The minimum absolute atomic E-state index is 0.130. The third-order valence-corrected chi connectivity index (χ3v) is 2.48. The number of nitrogens with one attached hydrogen (secondary N) is 1. The largest absolute Gasteiger partial charge is 0.352 e. The highest BCUT2D eigenvalue weighted by Gasteiger charge is 2.06. The van der Waals surface area contributed by atoms with Crippen LogP contribution in [0.4, 0.5) is 0 Å². The van der Waals surface area contributed by atoms with Crippen LogP contribution in [-0.4, -0.2) is 6.41 Å².